The Kier molecular flexibility index (Phi) is 5.29. The van der Waals surface area contributed by atoms with E-state index in [1.54, 1.807) is 7.11 Å². The zero-order valence-electron chi connectivity index (χ0n) is 10.2. The SMILES string of the molecule is COCC(Nc1ccc(CO)cc1)C(C)C. The van der Waals surface area contributed by atoms with Crippen molar-refractivity contribution in [2.24, 2.45) is 5.92 Å². The molecule has 1 atom stereocenters. The van der Waals surface area contributed by atoms with Gasteiger partial charge in [-0.25, -0.2) is 0 Å². The molecule has 3 nitrogen and oxygen atoms in total. The van der Waals surface area contributed by atoms with Crippen LogP contribution in [-0.4, -0.2) is 24.9 Å². The molecular formula is C13H21NO2. The summed E-state index contributed by atoms with van der Waals surface area (Å²) in [6.07, 6.45) is 0. The van der Waals surface area contributed by atoms with Crippen LogP contribution in [0.1, 0.15) is 19.4 Å². The third-order valence-electron chi connectivity index (χ3n) is 2.64. The normalized spacial score (nSPS) is 12.8. The van der Waals surface area contributed by atoms with Crippen LogP contribution in [0.5, 0.6) is 0 Å². The first-order valence-corrected chi connectivity index (χ1v) is 5.62. The lowest BCUT2D eigenvalue weighted by atomic mass is 10.0. The van der Waals surface area contributed by atoms with Crippen LogP contribution in [0, 0.1) is 5.92 Å². The van der Waals surface area contributed by atoms with Gasteiger partial charge in [0, 0.05) is 12.8 Å². The van der Waals surface area contributed by atoms with E-state index in [-0.39, 0.29) is 6.61 Å². The molecule has 0 saturated heterocycles. The Bertz CT molecular complexity index is 295. The third kappa shape index (κ3) is 3.83. The predicted molar refractivity (Wildman–Crippen MR) is 66.5 cm³/mol. The van der Waals surface area contributed by atoms with Gasteiger partial charge in [-0.15, -0.1) is 0 Å². The standard InChI is InChI=1S/C13H21NO2/c1-10(2)13(9-16-3)14-12-6-4-11(8-15)5-7-12/h4-7,10,13-15H,8-9H2,1-3H3. The van der Waals surface area contributed by atoms with Crippen LogP contribution in [0.4, 0.5) is 5.69 Å². The van der Waals surface area contributed by atoms with Gasteiger partial charge in [0.2, 0.25) is 0 Å². The smallest absolute Gasteiger partial charge is 0.0681 e. The molecule has 0 radical (unpaired) electrons. The molecule has 1 rings (SSSR count). The highest BCUT2D eigenvalue weighted by Gasteiger charge is 2.12. The molecule has 0 fully saturated rings. The Morgan fingerprint density at radius 1 is 1.25 bits per heavy atom. The molecule has 0 heterocycles. The molecule has 0 aliphatic rings. The monoisotopic (exact) mass is 223 g/mol. The Hall–Kier alpha value is -1.06. The molecule has 90 valence electrons. The van der Waals surface area contributed by atoms with Gasteiger partial charge in [0.15, 0.2) is 0 Å². The van der Waals surface area contributed by atoms with E-state index in [0.717, 1.165) is 11.3 Å². The summed E-state index contributed by atoms with van der Waals surface area (Å²) in [5, 5.41) is 12.4. The molecule has 0 bridgehead atoms. The second kappa shape index (κ2) is 6.51. The van der Waals surface area contributed by atoms with Crippen molar-refractivity contribution in [1.82, 2.24) is 0 Å². The molecule has 16 heavy (non-hydrogen) atoms. The number of nitrogens with one attached hydrogen (secondary N) is 1. The van der Waals surface area contributed by atoms with Crippen molar-refractivity contribution < 1.29 is 9.84 Å². The predicted octanol–water partition coefficient (Wildman–Crippen LogP) is 2.26. The van der Waals surface area contributed by atoms with Gasteiger partial charge < -0.3 is 15.2 Å². The first kappa shape index (κ1) is 13.0. The summed E-state index contributed by atoms with van der Waals surface area (Å²) in [6.45, 7) is 5.11. The van der Waals surface area contributed by atoms with Crippen LogP contribution < -0.4 is 5.32 Å². The number of aliphatic hydroxyl groups is 1. The maximum absolute atomic E-state index is 8.94. The van der Waals surface area contributed by atoms with Crippen molar-refractivity contribution in [2.45, 2.75) is 26.5 Å². The van der Waals surface area contributed by atoms with Crippen molar-refractivity contribution in [3.8, 4) is 0 Å². The lowest BCUT2D eigenvalue weighted by molar-refractivity contribution is 0.171. The number of hydrogen-bond acceptors (Lipinski definition) is 3. The lowest BCUT2D eigenvalue weighted by Gasteiger charge is -2.22. The van der Waals surface area contributed by atoms with Crippen LogP contribution in [-0.2, 0) is 11.3 Å². The third-order valence-corrected chi connectivity index (χ3v) is 2.64. The molecule has 0 aliphatic carbocycles. The van der Waals surface area contributed by atoms with E-state index >= 15 is 0 Å². The number of anilines is 1. The zero-order valence-corrected chi connectivity index (χ0v) is 10.2. The number of rotatable bonds is 6. The van der Waals surface area contributed by atoms with Gasteiger partial charge in [0.25, 0.3) is 0 Å². The molecule has 0 amide bonds. The average molecular weight is 223 g/mol. The number of aliphatic hydroxyl groups excluding tert-OH is 1. The van der Waals surface area contributed by atoms with Gasteiger partial charge >= 0.3 is 0 Å². The fourth-order valence-electron chi connectivity index (χ4n) is 1.50. The van der Waals surface area contributed by atoms with E-state index in [0.29, 0.717) is 18.6 Å². The fraction of sp³-hybridized carbons (Fsp3) is 0.538. The molecule has 0 aromatic heterocycles. The van der Waals surface area contributed by atoms with Gasteiger partial charge in [-0.3, -0.25) is 0 Å². The maximum atomic E-state index is 8.94. The quantitative estimate of drug-likeness (QED) is 0.777. The van der Waals surface area contributed by atoms with Crippen LogP contribution >= 0.6 is 0 Å². The number of benzene rings is 1. The molecule has 0 spiro atoms. The van der Waals surface area contributed by atoms with Crippen molar-refractivity contribution in [1.29, 1.82) is 0 Å². The van der Waals surface area contributed by atoms with Gasteiger partial charge in [0.05, 0.1) is 19.3 Å². The second-order valence-corrected chi connectivity index (χ2v) is 4.31. The van der Waals surface area contributed by atoms with Gasteiger partial charge in [-0.05, 0) is 23.6 Å². The number of hydrogen-bond donors (Lipinski definition) is 2. The molecule has 0 aliphatic heterocycles. The van der Waals surface area contributed by atoms with Crippen molar-refractivity contribution in [3.05, 3.63) is 29.8 Å². The van der Waals surface area contributed by atoms with E-state index in [4.69, 9.17) is 9.84 Å². The summed E-state index contributed by atoms with van der Waals surface area (Å²) in [7, 11) is 1.71. The zero-order chi connectivity index (χ0) is 12.0. The molecule has 3 heteroatoms. The Labute approximate surface area is 97.4 Å². The highest BCUT2D eigenvalue weighted by Crippen LogP contribution is 2.14. The molecule has 0 saturated carbocycles. The first-order chi connectivity index (χ1) is 7.67. The highest BCUT2D eigenvalue weighted by molar-refractivity contribution is 5.45. The van der Waals surface area contributed by atoms with Gasteiger partial charge in [-0.1, -0.05) is 26.0 Å². The first-order valence-electron chi connectivity index (χ1n) is 5.62. The molecule has 1 unspecified atom stereocenters. The largest absolute Gasteiger partial charge is 0.392 e. The van der Waals surface area contributed by atoms with Crippen molar-refractivity contribution >= 4 is 5.69 Å². The van der Waals surface area contributed by atoms with Gasteiger partial charge in [0.1, 0.15) is 0 Å². The fourth-order valence-corrected chi connectivity index (χ4v) is 1.50. The van der Waals surface area contributed by atoms with Crippen LogP contribution in [0.2, 0.25) is 0 Å². The second-order valence-electron chi connectivity index (χ2n) is 4.31. The molecule has 1 aromatic rings. The number of methoxy groups -OCH3 is 1. The molecule has 1 aromatic carbocycles. The van der Waals surface area contributed by atoms with Crippen LogP contribution in [0.15, 0.2) is 24.3 Å². The molecular weight excluding hydrogens is 202 g/mol. The van der Waals surface area contributed by atoms with Crippen molar-refractivity contribution in [2.75, 3.05) is 19.0 Å². The molecule has 2 N–H and O–H groups in total. The minimum atomic E-state index is 0.0892. The van der Waals surface area contributed by atoms with E-state index < -0.39 is 0 Å². The number of ether oxygens (including phenoxy) is 1. The summed E-state index contributed by atoms with van der Waals surface area (Å²) >= 11 is 0. The minimum Gasteiger partial charge on any atom is -0.392 e. The topological polar surface area (TPSA) is 41.5 Å². The lowest BCUT2D eigenvalue weighted by Crippen LogP contribution is -2.30. The Balaban J connectivity index is 2.62. The summed E-state index contributed by atoms with van der Waals surface area (Å²) < 4.78 is 5.18. The van der Waals surface area contributed by atoms with E-state index in [2.05, 4.69) is 19.2 Å². The highest BCUT2D eigenvalue weighted by atomic mass is 16.5. The Morgan fingerprint density at radius 3 is 2.31 bits per heavy atom. The van der Waals surface area contributed by atoms with Gasteiger partial charge in [-0.2, -0.15) is 0 Å². The van der Waals surface area contributed by atoms with E-state index in [1.807, 2.05) is 24.3 Å². The summed E-state index contributed by atoms with van der Waals surface area (Å²) in [5.41, 5.74) is 1.99. The van der Waals surface area contributed by atoms with Crippen LogP contribution in [0.3, 0.4) is 0 Å². The van der Waals surface area contributed by atoms with E-state index in [9.17, 15) is 0 Å². The van der Waals surface area contributed by atoms with E-state index in [1.165, 1.54) is 0 Å². The minimum absolute atomic E-state index is 0.0892. The summed E-state index contributed by atoms with van der Waals surface area (Å²) in [5.74, 6) is 0.512. The Morgan fingerprint density at radius 2 is 1.88 bits per heavy atom. The van der Waals surface area contributed by atoms with Crippen LogP contribution in [0.25, 0.3) is 0 Å². The maximum Gasteiger partial charge on any atom is 0.0681 e. The summed E-state index contributed by atoms with van der Waals surface area (Å²) in [4.78, 5) is 0. The van der Waals surface area contributed by atoms with Crippen molar-refractivity contribution in [3.63, 3.8) is 0 Å². The summed E-state index contributed by atoms with van der Waals surface area (Å²) in [6, 6.07) is 8.12. The average Bonchev–Trinajstić information content (AvgIpc) is 2.29.